The molecule has 1 saturated heterocycles. The highest BCUT2D eigenvalue weighted by Gasteiger charge is 2.24. The second-order valence-corrected chi connectivity index (χ2v) is 5.29. The number of likely N-dealkylation sites (N-methyl/N-ethyl adjacent to an activating group) is 1. The lowest BCUT2D eigenvalue weighted by atomic mass is 10.1. The minimum atomic E-state index is -0.506. The van der Waals surface area contributed by atoms with Crippen molar-refractivity contribution >= 4 is 17.3 Å². The van der Waals surface area contributed by atoms with E-state index in [0.717, 1.165) is 25.9 Å². The molecule has 0 radical (unpaired) electrons. The lowest BCUT2D eigenvalue weighted by Crippen LogP contribution is -2.34. The summed E-state index contributed by atoms with van der Waals surface area (Å²) in [4.78, 5) is 24.6. The number of methoxy groups -OCH3 is 1. The molecule has 22 heavy (non-hydrogen) atoms. The van der Waals surface area contributed by atoms with E-state index in [2.05, 4.69) is 21.9 Å². The minimum Gasteiger partial charge on any atom is -0.465 e. The topological polar surface area (TPSA) is 84.7 Å². The number of nitro benzene ring substituents is 1. The van der Waals surface area contributed by atoms with Crippen LogP contribution in [0.5, 0.6) is 0 Å². The molecule has 1 atom stereocenters. The predicted octanol–water partition coefficient (Wildman–Crippen LogP) is 2.28. The van der Waals surface area contributed by atoms with Crippen molar-refractivity contribution in [2.75, 3.05) is 32.1 Å². The fraction of sp³-hybridized carbons (Fsp3) is 0.533. The maximum Gasteiger partial charge on any atom is 0.337 e. The second-order valence-electron chi connectivity index (χ2n) is 5.29. The molecule has 0 amide bonds. The summed E-state index contributed by atoms with van der Waals surface area (Å²) in [7, 11) is 1.29. The number of nitro groups is 1. The normalized spacial score (nSPS) is 18.2. The monoisotopic (exact) mass is 307 g/mol. The first-order valence-electron chi connectivity index (χ1n) is 7.41. The molecule has 1 aromatic carbocycles. The van der Waals surface area contributed by atoms with Crippen molar-refractivity contribution in [3.63, 3.8) is 0 Å². The fourth-order valence-corrected chi connectivity index (χ4v) is 2.85. The van der Waals surface area contributed by atoms with Crippen LogP contribution in [0.25, 0.3) is 0 Å². The fourth-order valence-electron chi connectivity index (χ4n) is 2.85. The molecule has 1 unspecified atom stereocenters. The molecule has 1 fully saturated rings. The van der Waals surface area contributed by atoms with Crippen molar-refractivity contribution in [1.82, 2.24) is 4.90 Å². The number of benzene rings is 1. The third-order valence-electron chi connectivity index (χ3n) is 4.05. The molecular weight excluding hydrogens is 286 g/mol. The Balaban J connectivity index is 2.16. The second kappa shape index (κ2) is 7.22. The summed E-state index contributed by atoms with van der Waals surface area (Å²) >= 11 is 0. The van der Waals surface area contributed by atoms with Crippen molar-refractivity contribution in [2.24, 2.45) is 0 Å². The number of anilines is 1. The summed E-state index contributed by atoms with van der Waals surface area (Å²) in [6.07, 6.45) is 2.22. The lowest BCUT2D eigenvalue weighted by Gasteiger charge is -2.23. The van der Waals surface area contributed by atoms with Crippen molar-refractivity contribution in [2.45, 2.75) is 25.8 Å². The number of hydrogen-bond donors (Lipinski definition) is 1. The van der Waals surface area contributed by atoms with E-state index in [1.165, 1.54) is 25.3 Å². The van der Waals surface area contributed by atoms with Crippen molar-refractivity contribution in [3.8, 4) is 0 Å². The molecule has 1 aliphatic heterocycles. The number of hydrogen-bond acceptors (Lipinski definition) is 6. The van der Waals surface area contributed by atoms with Crippen molar-refractivity contribution < 1.29 is 14.5 Å². The molecule has 1 aliphatic rings. The quantitative estimate of drug-likeness (QED) is 0.493. The van der Waals surface area contributed by atoms with E-state index in [1.807, 2.05) is 0 Å². The maximum atomic E-state index is 11.6. The van der Waals surface area contributed by atoms with E-state index >= 15 is 0 Å². The van der Waals surface area contributed by atoms with Gasteiger partial charge in [0.2, 0.25) is 0 Å². The number of esters is 1. The number of nitrogens with one attached hydrogen (secondary N) is 1. The number of carbonyl (C=O) groups is 1. The van der Waals surface area contributed by atoms with Gasteiger partial charge in [0, 0.05) is 18.7 Å². The summed E-state index contributed by atoms with van der Waals surface area (Å²) in [5, 5.41) is 14.3. The van der Waals surface area contributed by atoms with Crippen LogP contribution in [0.2, 0.25) is 0 Å². The van der Waals surface area contributed by atoms with Gasteiger partial charge in [0.25, 0.3) is 5.69 Å². The molecule has 1 aromatic rings. The van der Waals surface area contributed by atoms with Gasteiger partial charge >= 0.3 is 5.97 Å². The van der Waals surface area contributed by atoms with Gasteiger partial charge in [0.1, 0.15) is 5.69 Å². The average Bonchev–Trinajstić information content (AvgIpc) is 2.99. The van der Waals surface area contributed by atoms with Crippen LogP contribution in [0.3, 0.4) is 0 Å². The average molecular weight is 307 g/mol. The van der Waals surface area contributed by atoms with Gasteiger partial charge in [0.15, 0.2) is 0 Å². The molecule has 2 rings (SSSR count). The first kappa shape index (κ1) is 16.2. The van der Waals surface area contributed by atoms with E-state index in [0.29, 0.717) is 23.8 Å². The van der Waals surface area contributed by atoms with Crippen LogP contribution in [-0.4, -0.2) is 48.6 Å². The van der Waals surface area contributed by atoms with Crippen LogP contribution in [-0.2, 0) is 4.74 Å². The molecule has 0 saturated carbocycles. The van der Waals surface area contributed by atoms with Gasteiger partial charge in [-0.2, -0.15) is 0 Å². The molecular formula is C15H21N3O4. The Labute approximate surface area is 129 Å². The summed E-state index contributed by atoms with van der Waals surface area (Å²) in [5.74, 6) is -0.506. The third-order valence-corrected chi connectivity index (χ3v) is 4.05. The maximum absolute atomic E-state index is 11.6. The van der Waals surface area contributed by atoms with E-state index in [1.54, 1.807) is 0 Å². The number of ether oxygens (including phenoxy) is 1. The Morgan fingerprint density at radius 1 is 1.55 bits per heavy atom. The first-order valence-corrected chi connectivity index (χ1v) is 7.41. The van der Waals surface area contributed by atoms with Crippen LogP contribution < -0.4 is 5.32 Å². The molecule has 0 bridgehead atoms. The highest BCUT2D eigenvalue weighted by atomic mass is 16.6. The standard InChI is InChI=1S/C15H21N3O4/c1-3-17-8-4-5-12(17)10-16-13-9-11(15(19)22-2)6-7-14(13)18(20)21/h6-7,9,12,16H,3-5,8,10H2,1-2H3. The highest BCUT2D eigenvalue weighted by molar-refractivity contribution is 5.91. The highest BCUT2D eigenvalue weighted by Crippen LogP contribution is 2.27. The zero-order valence-corrected chi connectivity index (χ0v) is 12.9. The summed E-state index contributed by atoms with van der Waals surface area (Å²) < 4.78 is 4.66. The molecule has 0 spiro atoms. The zero-order chi connectivity index (χ0) is 16.1. The van der Waals surface area contributed by atoms with E-state index in [4.69, 9.17) is 0 Å². The Hall–Kier alpha value is -2.15. The lowest BCUT2D eigenvalue weighted by molar-refractivity contribution is -0.384. The van der Waals surface area contributed by atoms with E-state index in [9.17, 15) is 14.9 Å². The van der Waals surface area contributed by atoms with Gasteiger partial charge in [-0.3, -0.25) is 15.0 Å². The Kier molecular flexibility index (Phi) is 5.32. The number of nitrogens with zero attached hydrogens (tertiary/aromatic N) is 2. The van der Waals surface area contributed by atoms with Gasteiger partial charge < -0.3 is 10.1 Å². The van der Waals surface area contributed by atoms with Crippen LogP contribution in [0.15, 0.2) is 18.2 Å². The molecule has 1 N–H and O–H groups in total. The SMILES string of the molecule is CCN1CCCC1CNc1cc(C(=O)OC)ccc1[N+](=O)[O-]. The molecule has 120 valence electrons. The predicted molar refractivity (Wildman–Crippen MR) is 83.2 cm³/mol. The summed E-state index contributed by atoms with van der Waals surface area (Å²) in [6.45, 7) is 4.77. The third kappa shape index (κ3) is 3.54. The zero-order valence-electron chi connectivity index (χ0n) is 12.9. The minimum absolute atomic E-state index is 0.0336. The molecule has 7 nitrogen and oxygen atoms in total. The summed E-state index contributed by atoms with van der Waals surface area (Å²) in [6, 6.07) is 4.59. The van der Waals surface area contributed by atoms with Gasteiger partial charge in [0.05, 0.1) is 17.6 Å². The largest absolute Gasteiger partial charge is 0.465 e. The van der Waals surface area contributed by atoms with Crippen LogP contribution in [0.4, 0.5) is 11.4 Å². The molecule has 1 heterocycles. The van der Waals surface area contributed by atoms with Gasteiger partial charge in [-0.05, 0) is 38.1 Å². The summed E-state index contributed by atoms with van der Waals surface area (Å²) in [5.41, 5.74) is 0.624. The molecule has 0 aromatic heterocycles. The first-order chi connectivity index (χ1) is 10.6. The van der Waals surface area contributed by atoms with Gasteiger partial charge in [-0.1, -0.05) is 6.92 Å². The van der Waals surface area contributed by atoms with Gasteiger partial charge in [-0.25, -0.2) is 4.79 Å². The Morgan fingerprint density at radius 3 is 2.95 bits per heavy atom. The number of rotatable bonds is 6. The smallest absolute Gasteiger partial charge is 0.337 e. The van der Waals surface area contributed by atoms with E-state index in [-0.39, 0.29) is 5.69 Å². The molecule has 7 heteroatoms. The Bertz CT molecular complexity index is 562. The van der Waals surface area contributed by atoms with Crippen LogP contribution in [0.1, 0.15) is 30.1 Å². The van der Waals surface area contributed by atoms with E-state index < -0.39 is 10.9 Å². The molecule has 0 aliphatic carbocycles. The Morgan fingerprint density at radius 2 is 2.32 bits per heavy atom. The van der Waals surface area contributed by atoms with Crippen LogP contribution in [0, 0.1) is 10.1 Å². The number of likely N-dealkylation sites (tertiary alicyclic amines) is 1. The number of carbonyl (C=O) groups excluding carboxylic acids is 1. The van der Waals surface area contributed by atoms with Crippen molar-refractivity contribution in [3.05, 3.63) is 33.9 Å². The van der Waals surface area contributed by atoms with Crippen LogP contribution >= 0.6 is 0 Å². The van der Waals surface area contributed by atoms with Gasteiger partial charge in [-0.15, -0.1) is 0 Å². The van der Waals surface area contributed by atoms with Crippen molar-refractivity contribution in [1.29, 1.82) is 0 Å².